The number of primary amides is 1. The number of alkyl carbamates (subject to hydrolysis) is 1. The predicted octanol–water partition coefficient (Wildman–Crippen LogP) is 6.22. The third-order valence-electron chi connectivity index (χ3n) is 13.6. The number of ether oxygens (including phenoxy) is 3. The predicted molar refractivity (Wildman–Crippen MR) is 278 cm³/mol. The van der Waals surface area contributed by atoms with Gasteiger partial charge < -0.3 is 71.5 Å². The summed E-state index contributed by atoms with van der Waals surface area (Å²) in [6.45, 7) is 8.24. The summed E-state index contributed by atoms with van der Waals surface area (Å²) in [4.78, 5) is 76.0. The van der Waals surface area contributed by atoms with E-state index in [1.165, 1.54) is 51.4 Å². The highest BCUT2D eigenvalue weighted by molar-refractivity contribution is 5.97. The summed E-state index contributed by atoms with van der Waals surface area (Å²) in [7, 11) is 0. The van der Waals surface area contributed by atoms with Crippen molar-refractivity contribution >= 4 is 41.2 Å². The van der Waals surface area contributed by atoms with Crippen LogP contribution in [-0.2, 0) is 40.0 Å². The van der Waals surface area contributed by atoms with Gasteiger partial charge in [-0.15, -0.1) is 0 Å². The van der Waals surface area contributed by atoms with Gasteiger partial charge in [0.1, 0.15) is 36.8 Å². The molecule has 10 atom stereocenters. The minimum Gasteiger partial charge on any atom is -0.445 e. The molecule has 19 heteroatoms. The fourth-order valence-corrected chi connectivity index (χ4v) is 8.91. The van der Waals surface area contributed by atoms with E-state index in [0.29, 0.717) is 36.9 Å². The molecular weight excluding hydrogens is 943 g/mol. The largest absolute Gasteiger partial charge is 0.445 e. The van der Waals surface area contributed by atoms with Crippen LogP contribution >= 0.6 is 0 Å². The van der Waals surface area contributed by atoms with E-state index in [-0.39, 0.29) is 68.3 Å². The highest BCUT2D eigenvalue weighted by atomic mass is 16.7. The number of amides is 5. The zero-order chi connectivity index (χ0) is 54.1. The molecule has 1 aromatic carbocycles. The molecule has 73 heavy (non-hydrogen) atoms. The third-order valence-corrected chi connectivity index (χ3v) is 13.6. The minimum atomic E-state index is -1.68. The van der Waals surface area contributed by atoms with Gasteiger partial charge in [0.15, 0.2) is 12.1 Å². The Labute approximate surface area is 434 Å². The van der Waals surface area contributed by atoms with Crippen molar-refractivity contribution in [2.45, 2.75) is 231 Å². The van der Waals surface area contributed by atoms with Crippen molar-refractivity contribution in [3.63, 3.8) is 0 Å². The number of unbranched alkanes of at least 4 members (excludes halogenated alkanes) is 14. The molecule has 1 heterocycles. The molecule has 0 bridgehead atoms. The molecule has 11 N–H and O–H groups in total. The molecule has 1 saturated heterocycles. The molecular formula is C54H93N5O14. The summed E-state index contributed by atoms with van der Waals surface area (Å²) in [6, 6.07) is 3.91. The van der Waals surface area contributed by atoms with Gasteiger partial charge in [-0.1, -0.05) is 130 Å². The van der Waals surface area contributed by atoms with E-state index in [0.717, 1.165) is 44.9 Å². The Balaban J connectivity index is 2.04. The lowest BCUT2D eigenvalue weighted by molar-refractivity contribution is -0.303. The summed E-state index contributed by atoms with van der Waals surface area (Å²) in [5, 5.41) is 63.1. The van der Waals surface area contributed by atoms with Crippen LogP contribution in [-0.4, -0.2) is 130 Å². The Morgan fingerprint density at radius 2 is 1.33 bits per heavy atom. The lowest BCUT2D eigenvalue weighted by Crippen LogP contribution is -2.60. The molecule has 1 aromatic rings. The van der Waals surface area contributed by atoms with Crippen molar-refractivity contribution in [1.29, 1.82) is 0 Å². The number of hydrogen-bond acceptors (Lipinski definition) is 14. The van der Waals surface area contributed by atoms with E-state index >= 15 is 0 Å². The highest BCUT2D eigenvalue weighted by Crippen LogP contribution is 2.25. The second-order valence-corrected chi connectivity index (χ2v) is 20.4. The first-order valence-electron chi connectivity index (χ1n) is 27.2. The summed E-state index contributed by atoms with van der Waals surface area (Å²) in [5.41, 5.74) is 6.18. The Morgan fingerprint density at radius 3 is 1.90 bits per heavy atom. The first kappa shape index (κ1) is 64.9. The number of carbonyl (C=O) groups excluding carboxylic acids is 6. The molecule has 0 saturated carbocycles. The molecule has 0 spiro atoms. The van der Waals surface area contributed by atoms with Crippen LogP contribution in [0.5, 0.6) is 0 Å². The zero-order valence-corrected chi connectivity index (χ0v) is 44.5. The molecule has 1 fully saturated rings. The summed E-state index contributed by atoms with van der Waals surface area (Å²) < 4.78 is 16.8. The highest BCUT2D eigenvalue weighted by Gasteiger charge is 2.44. The standard InChI is InChI=1S/C54H93N5O14/c1-6-7-8-9-10-11-12-13-14-15-16-19-23-37(4)47(64)42(35-71-52-50(67)49(66)48(65)44(33-60)73-52)58-54(70)72-34-39-27-29-41(30-28-39)57-51(68)40(25-22-31-56-53(55)69)32-43(62)46(36(2)3)59-45(63)26-21-18-17-20-24-38(5)61/h27-30,36-37,40,42,44,46-50,52,60,64-67H,6-26,31-35H2,1-5H3,(H,57,68)(H,58,70)(H,59,63)(H3,55,56,69)/t37-,40-,42+,44?,46+,47-,48+,49+,50?,52+/m1/s1. The first-order chi connectivity index (χ1) is 34.9. The van der Waals surface area contributed by atoms with Crippen LogP contribution < -0.4 is 27.0 Å². The fraction of sp³-hybridized carbons (Fsp3) is 0.778. The van der Waals surface area contributed by atoms with Crippen LogP contribution in [0.1, 0.15) is 181 Å². The van der Waals surface area contributed by atoms with Crippen molar-refractivity contribution < 1.29 is 68.5 Å². The maximum atomic E-state index is 13.7. The number of hydrogen-bond donors (Lipinski definition) is 10. The van der Waals surface area contributed by atoms with E-state index < -0.39 is 79.4 Å². The Morgan fingerprint density at radius 1 is 0.740 bits per heavy atom. The second kappa shape index (κ2) is 37.5. The Hall–Kier alpha value is -4.24. The average molecular weight is 1040 g/mol. The molecule has 0 aliphatic carbocycles. The summed E-state index contributed by atoms with van der Waals surface area (Å²) in [6.07, 6.45) is 9.50. The quantitative estimate of drug-likeness (QED) is 0.0327. The van der Waals surface area contributed by atoms with Gasteiger partial charge in [0.2, 0.25) is 11.8 Å². The zero-order valence-electron chi connectivity index (χ0n) is 44.5. The molecule has 2 unspecified atom stereocenters. The number of ketones is 2. The number of rotatable bonds is 40. The lowest BCUT2D eigenvalue weighted by Gasteiger charge is -2.40. The van der Waals surface area contributed by atoms with Gasteiger partial charge in [-0.05, 0) is 68.6 Å². The van der Waals surface area contributed by atoms with Gasteiger partial charge in [-0.3, -0.25) is 14.4 Å². The number of urea groups is 1. The fourth-order valence-electron chi connectivity index (χ4n) is 8.91. The number of nitrogens with two attached hydrogens (primary N) is 1. The molecule has 2 rings (SSSR count). The SMILES string of the molecule is CCCCCCCCCCCCCC[C@@H](C)[C@@H](O)[C@H](CO[C@H]1OC(CO)[C@H](O)[C@H](O)C1O)NC(=O)OCc1ccc(NC(=O)[C@H](CCCNC(N)=O)CC(=O)[C@@H](NC(=O)CCCCCCC(C)=O)C(C)C)cc1. The maximum Gasteiger partial charge on any atom is 0.407 e. The molecule has 1 aliphatic rings. The van der Waals surface area contributed by atoms with Crippen molar-refractivity contribution in [2.24, 2.45) is 23.5 Å². The third kappa shape index (κ3) is 27.2. The van der Waals surface area contributed by atoms with E-state index in [2.05, 4.69) is 28.2 Å². The number of aliphatic hydroxyl groups excluding tert-OH is 5. The summed E-state index contributed by atoms with van der Waals surface area (Å²) >= 11 is 0. The van der Waals surface area contributed by atoms with Crippen molar-refractivity contribution in [3.8, 4) is 0 Å². The van der Waals surface area contributed by atoms with E-state index in [9.17, 15) is 54.3 Å². The van der Waals surface area contributed by atoms with E-state index in [4.69, 9.17) is 19.9 Å². The number of anilines is 1. The van der Waals surface area contributed by atoms with Crippen LogP contribution in [0.2, 0.25) is 0 Å². The Bertz CT molecular complexity index is 1740. The summed E-state index contributed by atoms with van der Waals surface area (Å²) in [5.74, 6) is -2.22. The molecule has 0 aromatic heterocycles. The number of Topliss-reactive ketones (excluding diaryl/α,β-unsaturated/α-hetero) is 2. The number of carbonyl (C=O) groups is 6. The number of nitrogens with one attached hydrogen (secondary N) is 4. The normalized spacial score (nSPS) is 19.8. The number of aliphatic hydroxyl groups is 5. The molecule has 19 nitrogen and oxygen atoms in total. The van der Waals surface area contributed by atoms with Gasteiger partial charge >= 0.3 is 12.1 Å². The topological polar surface area (TPSA) is 305 Å². The smallest absolute Gasteiger partial charge is 0.407 e. The molecule has 5 amide bonds. The number of benzene rings is 1. The Kier molecular flexibility index (Phi) is 33.3. The van der Waals surface area contributed by atoms with Crippen LogP contribution in [0.15, 0.2) is 24.3 Å². The monoisotopic (exact) mass is 1040 g/mol. The first-order valence-corrected chi connectivity index (χ1v) is 27.2. The van der Waals surface area contributed by atoms with Crippen molar-refractivity contribution in [1.82, 2.24) is 16.0 Å². The minimum absolute atomic E-state index is 0.133. The van der Waals surface area contributed by atoms with Gasteiger partial charge in [0, 0.05) is 37.4 Å². The van der Waals surface area contributed by atoms with Gasteiger partial charge in [-0.25, -0.2) is 9.59 Å². The van der Waals surface area contributed by atoms with Crippen LogP contribution in [0.4, 0.5) is 15.3 Å². The average Bonchev–Trinajstić information content (AvgIpc) is 3.35. The van der Waals surface area contributed by atoms with Crippen LogP contribution in [0, 0.1) is 17.8 Å². The van der Waals surface area contributed by atoms with Crippen LogP contribution in [0.25, 0.3) is 0 Å². The second-order valence-electron chi connectivity index (χ2n) is 20.4. The molecule has 1 aliphatic heterocycles. The van der Waals surface area contributed by atoms with E-state index in [1.54, 1.807) is 31.2 Å². The van der Waals surface area contributed by atoms with E-state index in [1.807, 2.05) is 20.8 Å². The van der Waals surface area contributed by atoms with Gasteiger partial charge in [0.05, 0.1) is 31.4 Å². The molecule has 418 valence electrons. The van der Waals surface area contributed by atoms with Crippen molar-refractivity contribution in [3.05, 3.63) is 29.8 Å². The van der Waals surface area contributed by atoms with Gasteiger partial charge in [0.25, 0.3) is 0 Å². The lowest BCUT2D eigenvalue weighted by atomic mass is 9.89. The maximum absolute atomic E-state index is 13.7. The molecule has 0 radical (unpaired) electrons. The van der Waals surface area contributed by atoms with Crippen LogP contribution in [0.3, 0.4) is 0 Å². The van der Waals surface area contributed by atoms with Gasteiger partial charge in [-0.2, -0.15) is 0 Å². The van der Waals surface area contributed by atoms with Crippen molar-refractivity contribution in [2.75, 3.05) is 25.1 Å².